The number of carboxylic acids is 1. The second-order valence-corrected chi connectivity index (χ2v) is 3.53. The topological polar surface area (TPSA) is 55.1 Å². The highest BCUT2D eigenvalue weighted by molar-refractivity contribution is 5.70. The third kappa shape index (κ3) is 1.32. The van der Waals surface area contributed by atoms with Crippen molar-refractivity contribution < 1.29 is 9.90 Å². The summed E-state index contributed by atoms with van der Waals surface area (Å²) in [5.41, 5.74) is 2.18. The second kappa shape index (κ2) is 2.87. The van der Waals surface area contributed by atoms with Gasteiger partial charge in [-0.25, -0.2) is 0 Å². The maximum atomic E-state index is 10.8. The first-order valence-corrected chi connectivity index (χ1v) is 4.42. The van der Waals surface area contributed by atoms with E-state index in [2.05, 4.69) is 5.10 Å². The molecule has 1 unspecified atom stereocenters. The molecule has 0 fully saturated rings. The van der Waals surface area contributed by atoms with Crippen LogP contribution in [0.3, 0.4) is 0 Å². The van der Waals surface area contributed by atoms with Crippen molar-refractivity contribution in [2.45, 2.75) is 26.3 Å². The van der Waals surface area contributed by atoms with Crippen LogP contribution in [-0.2, 0) is 17.8 Å². The standard InChI is InChI=1S/C9H12N2O2/c1-6-5-10-11-3-2-7(9(12)13)4-8(6)11/h5,7H,2-4H2,1H3,(H,12,13). The van der Waals surface area contributed by atoms with Crippen molar-refractivity contribution in [3.63, 3.8) is 0 Å². The smallest absolute Gasteiger partial charge is 0.306 e. The molecule has 2 heterocycles. The quantitative estimate of drug-likeness (QED) is 0.696. The van der Waals surface area contributed by atoms with Crippen molar-refractivity contribution in [3.8, 4) is 0 Å². The molecule has 2 rings (SSSR count). The van der Waals surface area contributed by atoms with Crippen LogP contribution in [0, 0.1) is 12.8 Å². The van der Waals surface area contributed by atoms with Gasteiger partial charge in [0.25, 0.3) is 0 Å². The molecule has 0 aliphatic carbocycles. The summed E-state index contributed by atoms with van der Waals surface area (Å²) in [6.45, 7) is 2.71. The minimum absolute atomic E-state index is 0.220. The van der Waals surface area contributed by atoms with Gasteiger partial charge in [-0.2, -0.15) is 5.10 Å². The number of carbonyl (C=O) groups is 1. The molecule has 1 aliphatic heterocycles. The van der Waals surface area contributed by atoms with Crippen molar-refractivity contribution in [2.75, 3.05) is 0 Å². The van der Waals surface area contributed by atoms with Crippen LogP contribution in [0.1, 0.15) is 17.7 Å². The highest BCUT2D eigenvalue weighted by Crippen LogP contribution is 2.22. The van der Waals surface area contributed by atoms with E-state index < -0.39 is 5.97 Å². The molecule has 0 aromatic carbocycles. The van der Waals surface area contributed by atoms with E-state index in [-0.39, 0.29) is 5.92 Å². The van der Waals surface area contributed by atoms with Crippen molar-refractivity contribution in [1.29, 1.82) is 0 Å². The zero-order valence-electron chi connectivity index (χ0n) is 7.53. The molecular weight excluding hydrogens is 168 g/mol. The molecule has 0 bridgehead atoms. The molecule has 1 aromatic rings. The Kier molecular flexibility index (Phi) is 1.83. The monoisotopic (exact) mass is 180 g/mol. The Morgan fingerprint density at radius 2 is 2.54 bits per heavy atom. The molecule has 70 valence electrons. The van der Waals surface area contributed by atoms with Crippen LogP contribution in [0.2, 0.25) is 0 Å². The fourth-order valence-corrected chi connectivity index (χ4v) is 1.79. The number of hydrogen-bond donors (Lipinski definition) is 1. The second-order valence-electron chi connectivity index (χ2n) is 3.53. The SMILES string of the molecule is Cc1cnn2c1CC(C(=O)O)CC2. The number of nitrogens with zero attached hydrogens (tertiary/aromatic N) is 2. The Balaban J connectivity index is 2.27. The van der Waals surface area contributed by atoms with E-state index in [0.29, 0.717) is 12.8 Å². The zero-order valence-corrected chi connectivity index (χ0v) is 7.53. The molecule has 4 heteroatoms. The predicted octanol–water partition coefficient (Wildman–Crippen LogP) is 0.839. The number of rotatable bonds is 1. The summed E-state index contributed by atoms with van der Waals surface area (Å²) >= 11 is 0. The summed E-state index contributed by atoms with van der Waals surface area (Å²) in [6.07, 6.45) is 3.13. The largest absolute Gasteiger partial charge is 0.481 e. The lowest BCUT2D eigenvalue weighted by molar-refractivity contribution is -0.142. The molecule has 1 atom stereocenters. The first kappa shape index (κ1) is 8.29. The summed E-state index contributed by atoms with van der Waals surface area (Å²) in [4.78, 5) is 10.8. The van der Waals surface area contributed by atoms with Crippen LogP contribution < -0.4 is 0 Å². The molecule has 13 heavy (non-hydrogen) atoms. The lowest BCUT2D eigenvalue weighted by Gasteiger charge is -2.20. The number of carboxylic acid groups (broad SMARTS) is 1. The van der Waals surface area contributed by atoms with Crippen molar-refractivity contribution >= 4 is 5.97 Å². The van der Waals surface area contributed by atoms with Gasteiger partial charge in [-0.3, -0.25) is 9.48 Å². The molecule has 1 aromatic heterocycles. The van der Waals surface area contributed by atoms with Crippen molar-refractivity contribution in [1.82, 2.24) is 9.78 Å². The average Bonchev–Trinajstić information content (AvgIpc) is 2.47. The third-order valence-corrected chi connectivity index (χ3v) is 2.64. The summed E-state index contributed by atoms with van der Waals surface area (Å²) in [5, 5.41) is 13.0. The van der Waals surface area contributed by atoms with Crippen molar-refractivity contribution in [2.24, 2.45) is 5.92 Å². The first-order valence-electron chi connectivity index (χ1n) is 4.42. The molecule has 0 amide bonds. The highest BCUT2D eigenvalue weighted by Gasteiger charge is 2.25. The Labute approximate surface area is 76.2 Å². The molecule has 0 saturated carbocycles. The lowest BCUT2D eigenvalue weighted by atomic mass is 9.95. The van der Waals surface area contributed by atoms with Crippen LogP contribution >= 0.6 is 0 Å². The Morgan fingerprint density at radius 1 is 1.77 bits per heavy atom. The van der Waals surface area contributed by atoms with Gasteiger partial charge in [0.1, 0.15) is 0 Å². The number of hydrogen-bond acceptors (Lipinski definition) is 2. The third-order valence-electron chi connectivity index (χ3n) is 2.64. The average molecular weight is 180 g/mol. The van der Waals surface area contributed by atoms with Gasteiger partial charge >= 0.3 is 5.97 Å². The van der Waals surface area contributed by atoms with E-state index >= 15 is 0 Å². The van der Waals surface area contributed by atoms with E-state index in [1.807, 2.05) is 11.6 Å². The molecule has 0 spiro atoms. The number of aliphatic carboxylic acids is 1. The summed E-state index contributed by atoms with van der Waals surface area (Å²) in [6, 6.07) is 0. The predicted molar refractivity (Wildman–Crippen MR) is 46.4 cm³/mol. The fourth-order valence-electron chi connectivity index (χ4n) is 1.79. The Hall–Kier alpha value is -1.32. The van der Waals surface area contributed by atoms with Crippen LogP contribution in [0.4, 0.5) is 0 Å². The number of aryl methyl sites for hydroxylation is 2. The van der Waals surface area contributed by atoms with Gasteiger partial charge in [-0.05, 0) is 18.9 Å². The van der Waals surface area contributed by atoms with Gasteiger partial charge < -0.3 is 5.11 Å². The number of fused-ring (bicyclic) bond motifs is 1. The zero-order chi connectivity index (χ0) is 9.42. The van der Waals surface area contributed by atoms with Crippen LogP contribution in [-0.4, -0.2) is 20.9 Å². The molecule has 1 N–H and O–H groups in total. The molecular formula is C9H12N2O2. The van der Waals surface area contributed by atoms with E-state index in [9.17, 15) is 4.79 Å². The molecule has 1 aliphatic rings. The van der Waals surface area contributed by atoms with Crippen LogP contribution in [0.5, 0.6) is 0 Å². The van der Waals surface area contributed by atoms with E-state index in [1.54, 1.807) is 6.20 Å². The van der Waals surface area contributed by atoms with Crippen LogP contribution in [0.15, 0.2) is 6.20 Å². The van der Waals surface area contributed by atoms with Gasteiger partial charge in [0.05, 0.1) is 12.1 Å². The molecule has 4 nitrogen and oxygen atoms in total. The Morgan fingerprint density at radius 3 is 3.23 bits per heavy atom. The van der Waals surface area contributed by atoms with E-state index in [4.69, 9.17) is 5.11 Å². The lowest BCUT2D eigenvalue weighted by Crippen LogP contribution is -2.26. The molecule has 0 saturated heterocycles. The van der Waals surface area contributed by atoms with E-state index in [1.165, 1.54) is 0 Å². The van der Waals surface area contributed by atoms with Crippen molar-refractivity contribution in [3.05, 3.63) is 17.5 Å². The summed E-state index contributed by atoms with van der Waals surface area (Å²) in [5.74, 6) is -0.908. The van der Waals surface area contributed by atoms with Gasteiger partial charge in [-0.1, -0.05) is 0 Å². The van der Waals surface area contributed by atoms with Gasteiger partial charge in [0.15, 0.2) is 0 Å². The minimum atomic E-state index is -0.688. The normalized spacial score (nSPS) is 21.2. The van der Waals surface area contributed by atoms with Crippen LogP contribution in [0.25, 0.3) is 0 Å². The van der Waals surface area contributed by atoms with Gasteiger partial charge in [0, 0.05) is 18.7 Å². The summed E-state index contributed by atoms with van der Waals surface area (Å²) in [7, 11) is 0. The fraction of sp³-hybridized carbons (Fsp3) is 0.556. The Bertz CT molecular complexity index is 343. The first-order chi connectivity index (χ1) is 6.18. The maximum Gasteiger partial charge on any atom is 0.306 e. The van der Waals surface area contributed by atoms with E-state index in [0.717, 1.165) is 17.8 Å². The molecule has 0 radical (unpaired) electrons. The van der Waals surface area contributed by atoms with Gasteiger partial charge in [-0.15, -0.1) is 0 Å². The maximum absolute atomic E-state index is 10.8. The minimum Gasteiger partial charge on any atom is -0.481 e. The summed E-state index contributed by atoms with van der Waals surface area (Å²) < 4.78 is 1.91. The number of aromatic nitrogens is 2. The highest BCUT2D eigenvalue weighted by atomic mass is 16.4. The van der Waals surface area contributed by atoms with Gasteiger partial charge in [0.2, 0.25) is 0 Å².